The maximum Gasteiger partial charge on any atom is 0.199 e. The molecular formula is C16H22O4. The van der Waals surface area contributed by atoms with Crippen LogP contribution in [0.5, 0.6) is 5.75 Å². The van der Waals surface area contributed by atoms with Crippen molar-refractivity contribution >= 4 is 0 Å². The zero-order valence-corrected chi connectivity index (χ0v) is 11.8. The summed E-state index contributed by atoms with van der Waals surface area (Å²) < 4.78 is 22.6. The fourth-order valence-electron chi connectivity index (χ4n) is 2.52. The molecule has 110 valence electrons. The van der Waals surface area contributed by atoms with Crippen molar-refractivity contribution in [1.82, 2.24) is 0 Å². The summed E-state index contributed by atoms with van der Waals surface area (Å²) in [5.41, 5.74) is 1.13. The van der Waals surface area contributed by atoms with E-state index in [4.69, 9.17) is 18.9 Å². The minimum Gasteiger partial charge on any atom is -0.465 e. The highest BCUT2D eigenvalue weighted by molar-refractivity contribution is 5.28. The molecule has 0 spiro atoms. The lowest BCUT2D eigenvalue weighted by molar-refractivity contribution is -0.105. The van der Waals surface area contributed by atoms with Gasteiger partial charge in [0.1, 0.15) is 5.75 Å². The van der Waals surface area contributed by atoms with E-state index < -0.39 is 0 Å². The van der Waals surface area contributed by atoms with Crippen LogP contribution in [0.15, 0.2) is 24.3 Å². The van der Waals surface area contributed by atoms with E-state index in [9.17, 15) is 0 Å². The van der Waals surface area contributed by atoms with Gasteiger partial charge in [-0.3, -0.25) is 0 Å². The second-order valence-electron chi connectivity index (χ2n) is 5.36. The van der Waals surface area contributed by atoms with Crippen molar-refractivity contribution in [3.8, 4) is 5.75 Å². The summed E-state index contributed by atoms with van der Waals surface area (Å²) in [6.07, 6.45) is 4.42. The zero-order chi connectivity index (χ0) is 13.6. The van der Waals surface area contributed by atoms with E-state index in [0.29, 0.717) is 13.2 Å². The number of hydrogen-bond acceptors (Lipinski definition) is 4. The Morgan fingerprint density at radius 2 is 2.15 bits per heavy atom. The Morgan fingerprint density at radius 3 is 2.95 bits per heavy atom. The highest BCUT2D eigenvalue weighted by Crippen LogP contribution is 2.21. The molecule has 3 rings (SSSR count). The highest BCUT2D eigenvalue weighted by Gasteiger charge is 2.17. The molecule has 20 heavy (non-hydrogen) atoms. The predicted octanol–water partition coefficient (Wildman–Crippen LogP) is 2.90. The first-order chi connectivity index (χ1) is 9.90. The lowest BCUT2D eigenvalue weighted by atomic mass is 10.2. The molecule has 1 aromatic rings. The van der Waals surface area contributed by atoms with Crippen LogP contribution in [0.1, 0.15) is 31.2 Å². The van der Waals surface area contributed by atoms with E-state index >= 15 is 0 Å². The molecule has 0 radical (unpaired) electrons. The van der Waals surface area contributed by atoms with Crippen LogP contribution in [0.3, 0.4) is 0 Å². The van der Waals surface area contributed by atoms with Gasteiger partial charge in [0.25, 0.3) is 0 Å². The largest absolute Gasteiger partial charge is 0.465 e. The van der Waals surface area contributed by atoms with Gasteiger partial charge in [0.05, 0.1) is 25.9 Å². The minimum absolute atomic E-state index is 0.0943. The molecular weight excluding hydrogens is 256 g/mol. The van der Waals surface area contributed by atoms with E-state index in [-0.39, 0.29) is 12.4 Å². The van der Waals surface area contributed by atoms with Crippen molar-refractivity contribution in [3.05, 3.63) is 29.8 Å². The summed E-state index contributed by atoms with van der Waals surface area (Å²) in [7, 11) is 0. The predicted molar refractivity (Wildman–Crippen MR) is 74.7 cm³/mol. The Bertz CT molecular complexity index is 409. The number of rotatable bonds is 5. The zero-order valence-electron chi connectivity index (χ0n) is 11.8. The Balaban J connectivity index is 1.51. The molecule has 2 fully saturated rings. The minimum atomic E-state index is -0.0943. The summed E-state index contributed by atoms with van der Waals surface area (Å²) in [6, 6.07) is 8.07. The van der Waals surface area contributed by atoms with Crippen LogP contribution >= 0.6 is 0 Å². The van der Waals surface area contributed by atoms with Crippen LogP contribution in [0.4, 0.5) is 0 Å². The van der Waals surface area contributed by atoms with Crippen LogP contribution in [0, 0.1) is 0 Å². The lowest BCUT2D eigenvalue weighted by Gasteiger charge is -2.23. The molecule has 2 saturated heterocycles. The van der Waals surface area contributed by atoms with Gasteiger partial charge in [0.15, 0.2) is 6.29 Å². The van der Waals surface area contributed by atoms with Crippen LogP contribution in [0.2, 0.25) is 0 Å². The van der Waals surface area contributed by atoms with Crippen LogP contribution in [-0.4, -0.2) is 32.2 Å². The molecule has 4 nitrogen and oxygen atoms in total. The third-order valence-corrected chi connectivity index (χ3v) is 3.68. The molecule has 2 aliphatic rings. The lowest BCUT2D eigenvalue weighted by Crippen LogP contribution is -2.25. The van der Waals surface area contributed by atoms with Gasteiger partial charge >= 0.3 is 0 Å². The van der Waals surface area contributed by atoms with Crippen molar-refractivity contribution in [1.29, 1.82) is 0 Å². The van der Waals surface area contributed by atoms with Gasteiger partial charge in [0.2, 0.25) is 0 Å². The molecule has 0 bridgehead atoms. The fraction of sp³-hybridized carbons (Fsp3) is 0.625. The normalized spacial score (nSPS) is 26.6. The molecule has 1 unspecified atom stereocenters. The van der Waals surface area contributed by atoms with Crippen LogP contribution in [0.25, 0.3) is 0 Å². The van der Waals surface area contributed by atoms with Gasteiger partial charge < -0.3 is 18.9 Å². The molecule has 0 N–H and O–H groups in total. The number of benzene rings is 1. The molecule has 2 heterocycles. The maximum absolute atomic E-state index is 5.87. The second-order valence-corrected chi connectivity index (χ2v) is 5.36. The summed E-state index contributed by atoms with van der Waals surface area (Å²) in [6.45, 7) is 2.94. The topological polar surface area (TPSA) is 36.9 Å². The molecule has 0 aromatic heterocycles. The van der Waals surface area contributed by atoms with E-state index in [1.165, 1.54) is 6.42 Å². The van der Waals surface area contributed by atoms with E-state index in [2.05, 4.69) is 6.07 Å². The first kappa shape index (κ1) is 13.9. The Kier molecular flexibility index (Phi) is 4.90. The van der Waals surface area contributed by atoms with Crippen molar-refractivity contribution in [2.24, 2.45) is 0 Å². The van der Waals surface area contributed by atoms with Gasteiger partial charge in [-0.2, -0.15) is 0 Å². The molecule has 0 amide bonds. The van der Waals surface area contributed by atoms with Gasteiger partial charge in [-0.25, -0.2) is 0 Å². The smallest absolute Gasteiger partial charge is 0.199 e. The van der Waals surface area contributed by atoms with Crippen molar-refractivity contribution in [2.75, 3.05) is 19.8 Å². The fourth-order valence-corrected chi connectivity index (χ4v) is 2.52. The molecule has 2 atom stereocenters. The quantitative estimate of drug-likeness (QED) is 0.830. The third kappa shape index (κ3) is 3.95. The van der Waals surface area contributed by atoms with E-state index in [1.807, 2.05) is 18.2 Å². The van der Waals surface area contributed by atoms with Gasteiger partial charge in [-0.1, -0.05) is 12.1 Å². The number of hydrogen-bond donors (Lipinski definition) is 0. The van der Waals surface area contributed by atoms with Crippen LogP contribution < -0.4 is 4.74 Å². The van der Waals surface area contributed by atoms with Crippen molar-refractivity contribution in [2.45, 2.75) is 44.7 Å². The summed E-state index contributed by atoms with van der Waals surface area (Å²) in [5, 5.41) is 0. The molecule has 0 aliphatic carbocycles. The Morgan fingerprint density at radius 1 is 1.15 bits per heavy atom. The average Bonchev–Trinajstić information content (AvgIpc) is 3.00. The van der Waals surface area contributed by atoms with E-state index in [0.717, 1.165) is 43.8 Å². The maximum atomic E-state index is 5.87. The molecule has 0 saturated carbocycles. The SMILES string of the molecule is c1cc(CO[C@H]2CCOC2)cc(OC2CCCCO2)c1. The number of ether oxygens (including phenoxy) is 4. The first-order valence-corrected chi connectivity index (χ1v) is 7.47. The first-order valence-electron chi connectivity index (χ1n) is 7.47. The van der Waals surface area contributed by atoms with Gasteiger partial charge in [0, 0.05) is 13.0 Å². The molecule has 4 heteroatoms. The summed E-state index contributed by atoms with van der Waals surface area (Å²) >= 11 is 0. The van der Waals surface area contributed by atoms with Crippen molar-refractivity contribution in [3.63, 3.8) is 0 Å². The summed E-state index contributed by atoms with van der Waals surface area (Å²) in [5.74, 6) is 0.862. The van der Waals surface area contributed by atoms with Crippen molar-refractivity contribution < 1.29 is 18.9 Å². The Labute approximate surface area is 120 Å². The highest BCUT2D eigenvalue weighted by atomic mass is 16.7. The standard InChI is InChI=1S/C16H22O4/c1-2-8-18-16(6-1)20-14-5-3-4-13(10-14)11-19-15-7-9-17-12-15/h3-5,10,15-16H,1-2,6-9,11-12H2/t15-,16?/m0/s1. The second kappa shape index (κ2) is 7.07. The average molecular weight is 278 g/mol. The molecule has 1 aromatic carbocycles. The molecule has 2 aliphatic heterocycles. The Hall–Kier alpha value is -1.10. The third-order valence-electron chi connectivity index (χ3n) is 3.68. The van der Waals surface area contributed by atoms with Gasteiger partial charge in [-0.15, -0.1) is 0 Å². The van der Waals surface area contributed by atoms with E-state index in [1.54, 1.807) is 0 Å². The van der Waals surface area contributed by atoms with Gasteiger partial charge in [-0.05, 0) is 37.0 Å². The summed E-state index contributed by atoms with van der Waals surface area (Å²) in [4.78, 5) is 0. The van der Waals surface area contributed by atoms with Crippen LogP contribution in [-0.2, 0) is 20.8 Å². The monoisotopic (exact) mass is 278 g/mol.